The normalized spacial score (nSPS) is 24.1. The minimum absolute atomic E-state index is 0.0432. The summed E-state index contributed by atoms with van der Waals surface area (Å²) in [6.45, 7) is 0. The Bertz CT molecular complexity index is 1180. The van der Waals surface area contributed by atoms with Crippen molar-refractivity contribution in [2.24, 2.45) is 0 Å². The molecule has 2 saturated heterocycles. The molecule has 0 amide bonds. The maximum absolute atomic E-state index is 15.1. The first-order valence-corrected chi connectivity index (χ1v) is 12.5. The first kappa shape index (κ1) is 22.9. The third kappa shape index (κ3) is 4.44. The Morgan fingerprint density at radius 3 is 2.74 bits per heavy atom. The van der Waals surface area contributed by atoms with Crippen molar-refractivity contribution in [1.29, 1.82) is 0 Å². The lowest BCUT2D eigenvalue weighted by Crippen LogP contribution is -2.61. The fourth-order valence-electron chi connectivity index (χ4n) is 4.92. The zero-order valence-corrected chi connectivity index (χ0v) is 19.8. The van der Waals surface area contributed by atoms with E-state index in [-0.39, 0.29) is 23.7 Å². The Morgan fingerprint density at radius 2 is 2.00 bits per heavy atom. The quantitative estimate of drug-likeness (QED) is 0.411. The van der Waals surface area contributed by atoms with E-state index >= 15 is 4.39 Å². The van der Waals surface area contributed by atoms with Crippen molar-refractivity contribution in [3.05, 3.63) is 42.5 Å². The van der Waals surface area contributed by atoms with Crippen molar-refractivity contribution in [2.45, 2.75) is 55.0 Å². The van der Waals surface area contributed by atoms with E-state index in [9.17, 15) is 9.50 Å². The lowest BCUT2D eigenvalue weighted by Gasteiger charge is -2.45. The maximum atomic E-state index is 15.1. The summed E-state index contributed by atoms with van der Waals surface area (Å²) in [6.07, 6.45) is 6.09. The van der Waals surface area contributed by atoms with Crippen LogP contribution in [0.5, 0.6) is 5.75 Å². The van der Waals surface area contributed by atoms with Crippen molar-refractivity contribution < 1.29 is 13.9 Å². The van der Waals surface area contributed by atoms with Crippen LogP contribution < -0.4 is 10.2 Å². The molecule has 4 atom stereocenters. The van der Waals surface area contributed by atoms with Crippen molar-refractivity contribution in [1.82, 2.24) is 25.5 Å². The monoisotopic (exact) mass is 484 g/mol. The summed E-state index contributed by atoms with van der Waals surface area (Å²) in [4.78, 5) is 10.0. The first-order chi connectivity index (χ1) is 16.4. The number of piperidine rings is 2. The van der Waals surface area contributed by atoms with E-state index in [1.807, 2.05) is 18.2 Å². The van der Waals surface area contributed by atoms with Gasteiger partial charge in [0.1, 0.15) is 11.9 Å². The molecular weight excluding hydrogens is 458 g/mol. The van der Waals surface area contributed by atoms with Crippen molar-refractivity contribution in [2.75, 3.05) is 18.2 Å². The fourth-order valence-corrected chi connectivity index (χ4v) is 5.34. The number of aromatic nitrogens is 4. The number of fused-ring (bicyclic) bond motifs is 2. The number of benzene rings is 1. The van der Waals surface area contributed by atoms with Crippen LogP contribution in [0.25, 0.3) is 22.5 Å². The largest absolute Gasteiger partial charge is 0.507 e. The van der Waals surface area contributed by atoms with Gasteiger partial charge in [-0.3, -0.25) is 0 Å². The van der Waals surface area contributed by atoms with Gasteiger partial charge < -0.3 is 15.3 Å². The number of anilines is 1. The Balaban J connectivity index is 1.36. The number of nitrogens with one attached hydrogen (secondary N) is 1. The zero-order chi connectivity index (χ0) is 23.8. The predicted octanol–water partition coefficient (Wildman–Crippen LogP) is 4.22. The summed E-state index contributed by atoms with van der Waals surface area (Å²) in [5.41, 5.74) is 1.67. The number of aromatic hydroxyl groups is 1. The molecule has 1 aromatic carbocycles. The number of pyridine rings is 1. The van der Waals surface area contributed by atoms with Crippen LogP contribution >= 0.6 is 11.8 Å². The lowest BCUT2D eigenvalue weighted by atomic mass is 9.82. The van der Waals surface area contributed by atoms with Crippen LogP contribution in [0.15, 0.2) is 41.6 Å². The zero-order valence-electron chi connectivity index (χ0n) is 18.9. The third-order valence-electron chi connectivity index (χ3n) is 6.76. The van der Waals surface area contributed by atoms with E-state index in [2.05, 4.69) is 25.5 Å². The molecule has 2 aliphatic heterocycles. The minimum Gasteiger partial charge on any atom is -0.507 e. The Hall–Kier alpha value is -2.85. The van der Waals surface area contributed by atoms with Gasteiger partial charge in [0.25, 0.3) is 0 Å². The number of rotatable bonds is 5. The van der Waals surface area contributed by atoms with E-state index in [0.29, 0.717) is 40.0 Å². The van der Waals surface area contributed by atoms with Gasteiger partial charge in [-0.15, -0.1) is 22.0 Å². The van der Waals surface area contributed by atoms with Crippen molar-refractivity contribution in [3.63, 3.8) is 0 Å². The van der Waals surface area contributed by atoms with E-state index < -0.39 is 12.1 Å². The number of hydrogen-bond acceptors (Lipinski definition) is 8. The van der Waals surface area contributed by atoms with Crippen molar-refractivity contribution >= 4 is 17.6 Å². The van der Waals surface area contributed by atoms with Crippen LogP contribution in [0.2, 0.25) is 0 Å². The molecule has 0 aliphatic carbocycles. The van der Waals surface area contributed by atoms with Gasteiger partial charge in [-0.05, 0) is 54.8 Å². The molecule has 0 saturated carbocycles. The molecule has 4 heterocycles. The molecule has 2 aliphatic rings. The summed E-state index contributed by atoms with van der Waals surface area (Å²) >= 11 is 1.34. The van der Waals surface area contributed by atoms with Crippen LogP contribution in [0.3, 0.4) is 0 Å². The average molecular weight is 485 g/mol. The van der Waals surface area contributed by atoms with Crippen LogP contribution in [0.4, 0.5) is 14.6 Å². The van der Waals surface area contributed by atoms with E-state index in [4.69, 9.17) is 0 Å². The molecule has 10 heteroatoms. The molecule has 2 fully saturated rings. The third-order valence-corrected chi connectivity index (χ3v) is 7.38. The van der Waals surface area contributed by atoms with Gasteiger partial charge in [0.2, 0.25) is 5.95 Å². The number of nitrogens with zero attached hydrogens (tertiary/aromatic N) is 5. The SMILES string of the molecule is CSc1cc(-c2ccc(-c3ncc(N(C)[C@H]4C[C@H]5CCC[C@H](N5)[C@H]4F)nn3)c(O)c2)cc(F)n1. The number of alkyl halides is 1. The lowest BCUT2D eigenvalue weighted by molar-refractivity contribution is 0.107. The molecule has 178 valence electrons. The van der Waals surface area contributed by atoms with Crippen LogP contribution in [0, 0.1) is 5.95 Å². The molecule has 3 aromatic rings. The number of hydrogen-bond donors (Lipinski definition) is 2. The molecule has 5 rings (SSSR count). The van der Waals surface area contributed by atoms with Gasteiger partial charge in [-0.25, -0.2) is 14.4 Å². The van der Waals surface area contributed by atoms with E-state index in [0.717, 1.165) is 19.3 Å². The average Bonchev–Trinajstić information content (AvgIpc) is 2.85. The van der Waals surface area contributed by atoms with Gasteiger partial charge in [0, 0.05) is 25.2 Å². The molecule has 0 spiro atoms. The summed E-state index contributed by atoms with van der Waals surface area (Å²) in [5, 5.41) is 23.0. The van der Waals surface area contributed by atoms with Gasteiger partial charge in [-0.2, -0.15) is 4.39 Å². The molecule has 34 heavy (non-hydrogen) atoms. The standard InChI is InChI=1S/C24H26F2N6OS/c1-32(18-11-15-4-3-5-17(28-15)23(18)26)21-12-27-24(31-30-21)16-7-6-13(8-19(16)33)14-9-20(25)29-22(10-14)34-2/h6-10,12,15,17-18,23,28,33H,3-5,11H2,1-2H3/t15-,17+,18+,23-/m1/s1. The van der Waals surface area contributed by atoms with Gasteiger partial charge in [0.05, 0.1) is 22.8 Å². The molecule has 2 N–H and O–H groups in total. The van der Waals surface area contributed by atoms with Crippen LogP contribution in [0.1, 0.15) is 25.7 Å². The van der Waals surface area contributed by atoms with E-state index in [1.54, 1.807) is 30.5 Å². The first-order valence-electron chi connectivity index (χ1n) is 11.3. The summed E-state index contributed by atoms with van der Waals surface area (Å²) in [7, 11) is 1.83. The van der Waals surface area contributed by atoms with Gasteiger partial charge in [0.15, 0.2) is 11.6 Å². The Morgan fingerprint density at radius 1 is 1.15 bits per heavy atom. The second-order valence-electron chi connectivity index (χ2n) is 8.85. The highest BCUT2D eigenvalue weighted by atomic mass is 32.2. The van der Waals surface area contributed by atoms with Gasteiger partial charge in [-0.1, -0.05) is 12.5 Å². The van der Waals surface area contributed by atoms with Crippen LogP contribution in [-0.2, 0) is 0 Å². The number of phenols is 1. The maximum Gasteiger partial charge on any atom is 0.214 e. The highest BCUT2D eigenvalue weighted by Crippen LogP contribution is 2.34. The Labute approximate surface area is 201 Å². The number of phenolic OH excluding ortho intramolecular Hbond substituents is 1. The molecule has 2 aromatic heterocycles. The summed E-state index contributed by atoms with van der Waals surface area (Å²) in [6, 6.07) is 8.00. The molecule has 7 nitrogen and oxygen atoms in total. The smallest absolute Gasteiger partial charge is 0.214 e. The highest BCUT2D eigenvalue weighted by Gasteiger charge is 2.42. The topological polar surface area (TPSA) is 87.1 Å². The Kier molecular flexibility index (Phi) is 6.35. The highest BCUT2D eigenvalue weighted by molar-refractivity contribution is 7.98. The van der Waals surface area contributed by atoms with Crippen molar-refractivity contribution in [3.8, 4) is 28.3 Å². The second kappa shape index (κ2) is 9.42. The van der Waals surface area contributed by atoms with E-state index in [1.165, 1.54) is 17.8 Å². The summed E-state index contributed by atoms with van der Waals surface area (Å²) < 4.78 is 28.9. The molecule has 0 radical (unpaired) electrons. The molecular formula is C24H26F2N6OS. The number of thioether (sulfide) groups is 1. The predicted molar refractivity (Wildman–Crippen MR) is 128 cm³/mol. The second-order valence-corrected chi connectivity index (χ2v) is 9.68. The summed E-state index contributed by atoms with van der Waals surface area (Å²) in [5.74, 6) is 0.124. The minimum atomic E-state index is -0.982. The molecule has 2 bridgehead atoms. The van der Waals surface area contributed by atoms with Gasteiger partial charge >= 0.3 is 0 Å². The fraction of sp³-hybridized carbons (Fsp3) is 0.417. The number of halogens is 2. The van der Waals surface area contributed by atoms with Crippen LogP contribution in [-0.4, -0.2) is 62.9 Å². The molecule has 0 unspecified atom stereocenters.